The highest BCUT2D eigenvalue weighted by Gasteiger charge is 2.37. The topological polar surface area (TPSA) is 72.2 Å². The molecule has 3 N–H and O–H groups in total. The molecule has 1 aromatic carbocycles. The van der Waals surface area contributed by atoms with Crippen LogP contribution in [0.3, 0.4) is 0 Å². The maximum absolute atomic E-state index is 11.9. The van der Waals surface area contributed by atoms with Crippen LogP contribution in [-0.4, -0.2) is 20.5 Å². The fourth-order valence-corrected chi connectivity index (χ4v) is 3.64. The molecular formula is C9H10BrClN2O2S. The lowest BCUT2D eigenvalue weighted by atomic mass is 10.4. The molecule has 0 amide bonds. The number of rotatable bonds is 3. The Balaban J connectivity index is 2.28. The molecule has 2 unspecified atom stereocenters. The van der Waals surface area contributed by atoms with Crippen LogP contribution in [0.15, 0.2) is 27.6 Å². The Bertz CT molecular complexity index is 520. The zero-order valence-electron chi connectivity index (χ0n) is 8.15. The molecule has 1 aliphatic carbocycles. The predicted octanol–water partition coefficient (Wildman–Crippen LogP) is 1.48. The quantitative estimate of drug-likeness (QED) is 0.884. The van der Waals surface area contributed by atoms with Gasteiger partial charge in [0, 0.05) is 16.6 Å². The van der Waals surface area contributed by atoms with Crippen LogP contribution in [0.4, 0.5) is 0 Å². The number of hydrogen-bond acceptors (Lipinski definition) is 3. The summed E-state index contributed by atoms with van der Waals surface area (Å²) < 4.78 is 27.0. The molecular weight excluding hydrogens is 316 g/mol. The highest BCUT2D eigenvalue weighted by molar-refractivity contribution is 9.10. The summed E-state index contributed by atoms with van der Waals surface area (Å²) in [6.07, 6.45) is 0.674. The highest BCUT2D eigenvalue weighted by Crippen LogP contribution is 2.27. The SMILES string of the molecule is NC1CC1NS(=O)(=O)c1ccc(Br)cc1Cl. The minimum Gasteiger partial charge on any atom is -0.326 e. The number of sulfonamides is 1. The third kappa shape index (κ3) is 2.57. The van der Waals surface area contributed by atoms with Crippen LogP contribution in [0, 0.1) is 0 Å². The molecule has 0 aromatic heterocycles. The van der Waals surface area contributed by atoms with Gasteiger partial charge in [-0.05, 0) is 24.6 Å². The van der Waals surface area contributed by atoms with Gasteiger partial charge in [0.25, 0.3) is 0 Å². The van der Waals surface area contributed by atoms with Crippen molar-refractivity contribution in [2.24, 2.45) is 5.73 Å². The highest BCUT2D eigenvalue weighted by atomic mass is 79.9. The van der Waals surface area contributed by atoms with E-state index in [1.807, 2.05) is 0 Å². The molecule has 88 valence electrons. The van der Waals surface area contributed by atoms with Crippen molar-refractivity contribution in [3.63, 3.8) is 0 Å². The van der Waals surface area contributed by atoms with E-state index < -0.39 is 10.0 Å². The Morgan fingerprint density at radius 1 is 1.50 bits per heavy atom. The van der Waals surface area contributed by atoms with Gasteiger partial charge in [0.05, 0.1) is 5.02 Å². The van der Waals surface area contributed by atoms with Crippen LogP contribution < -0.4 is 10.5 Å². The minimum atomic E-state index is -3.56. The fourth-order valence-electron chi connectivity index (χ4n) is 1.31. The van der Waals surface area contributed by atoms with E-state index in [9.17, 15) is 8.42 Å². The Hall–Kier alpha value is -0.140. The molecule has 0 saturated heterocycles. The summed E-state index contributed by atoms with van der Waals surface area (Å²) in [7, 11) is -3.56. The van der Waals surface area contributed by atoms with Crippen LogP contribution >= 0.6 is 27.5 Å². The first-order valence-electron chi connectivity index (χ1n) is 4.63. The Morgan fingerprint density at radius 2 is 2.12 bits per heavy atom. The van der Waals surface area contributed by atoms with Gasteiger partial charge in [-0.3, -0.25) is 0 Å². The van der Waals surface area contributed by atoms with E-state index in [-0.39, 0.29) is 22.0 Å². The smallest absolute Gasteiger partial charge is 0.242 e. The van der Waals surface area contributed by atoms with Crippen molar-refractivity contribution >= 4 is 37.6 Å². The van der Waals surface area contributed by atoms with Gasteiger partial charge < -0.3 is 5.73 Å². The number of halogens is 2. The van der Waals surface area contributed by atoms with E-state index in [1.165, 1.54) is 6.07 Å². The molecule has 0 radical (unpaired) electrons. The van der Waals surface area contributed by atoms with Gasteiger partial charge in [0.1, 0.15) is 4.90 Å². The number of benzene rings is 1. The Morgan fingerprint density at radius 3 is 2.62 bits per heavy atom. The van der Waals surface area contributed by atoms with Crippen molar-refractivity contribution in [3.05, 3.63) is 27.7 Å². The average molecular weight is 326 g/mol. The first-order chi connectivity index (χ1) is 7.40. The zero-order chi connectivity index (χ0) is 11.9. The summed E-state index contributed by atoms with van der Waals surface area (Å²) in [5.41, 5.74) is 5.55. The van der Waals surface area contributed by atoms with Crippen molar-refractivity contribution < 1.29 is 8.42 Å². The molecule has 1 saturated carbocycles. The molecule has 16 heavy (non-hydrogen) atoms. The minimum absolute atomic E-state index is 0.0796. The van der Waals surface area contributed by atoms with E-state index in [0.29, 0.717) is 6.42 Å². The van der Waals surface area contributed by atoms with Gasteiger partial charge in [0.2, 0.25) is 10.0 Å². The van der Waals surface area contributed by atoms with Crippen molar-refractivity contribution in [2.45, 2.75) is 23.4 Å². The van der Waals surface area contributed by atoms with Crippen LogP contribution in [-0.2, 0) is 10.0 Å². The van der Waals surface area contributed by atoms with Gasteiger partial charge in [0.15, 0.2) is 0 Å². The molecule has 0 bridgehead atoms. The lowest BCUT2D eigenvalue weighted by Crippen LogP contribution is -2.29. The van der Waals surface area contributed by atoms with Crippen LogP contribution in [0.25, 0.3) is 0 Å². The molecule has 1 fully saturated rings. The summed E-state index contributed by atoms with van der Waals surface area (Å²) in [5, 5.41) is 0.191. The lowest BCUT2D eigenvalue weighted by Gasteiger charge is -2.07. The van der Waals surface area contributed by atoms with E-state index in [4.69, 9.17) is 17.3 Å². The number of nitrogens with two attached hydrogens (primary N) is 1. The summed E-state index contributed by atoms with van der Waals surface area (Å²) in [5.74, 6) is 0. The standard InChI is InChI=1S/C9H10BrClN2O2S/c10-5-1-2-9(6(11)3-5)16(14,15)13-8-4-7(8)12/h1-3,7-8,13H,4,12H2. The monoisotopic (exact) mass is 324 g/mol. The second-order valence-corrected chi connectivity index (χ2v) is 6.71. The maximum Gasteiger partial charge on any atom is 0.242 e. The summed E-state index contributed by atoms with van der Waals surface area (Å²) in [6.45, 7) is 0. The van der Waals surface area contributed by atoms with E-state index in [1.54, 1.807) is 12.1 Å². The van der Waals surface area contributed by atoms with Crippen LogP contribution in [0.5, 0.6) is 0 Å². The normalized spacial score (nSPS) is 24.4. The van der Waals surface area contributed by atoms with Crippen molar-refractivity contribution in [1.29, 1.82) is 0 Å². The van der Waals surface area contributed by atoms with Crippen molar-refractivity contribution in [1.82, 2.24) is 4.72 Å². The van der Waals surface area contributed by atoms with Crippen LogP contribution in [0.2, 0.25) is 5.02 Å². The van der Waals surface area contributed by atoms with Crippen molar-refractivity contribution in [2.75, 3.05) is 0 Å². The van der Waals surface area contributed by atoms with E-state index in [0.717, 1.165) is 4.47 Å². The summed E-state index contributed by atoms with van der Waals surface area (Å²) in [6, 6.07) is 4.40. The van der Waals surface area contributed by atoms with Gasteiger partial charge in [-0.25, -0.2) is 13.1 Å². The second kappa shape index (κ2) is 4.27. The first-order valence-corrected chi connectivity index (χ1v) is 7.28. The fraction of sp³-hybridized carbons (Fsp3) is 0.333. The van der Waals surface area contributed by atoms with Crippen molar-refractivity contribution in [3.8, 4) is 0 Å². The zero-order valence-corrected chi connectivity index (χ0v) is 11.3. The third-order valence-corrected chi connectivity index (χ3v) is 4.80. The van der Waals surface area contributed by atoms with Gasteiger partial charge in [-0.2, -0.15) is 0 Å². The maximum atomic E-state index is 11.9. The average Bonchev–Trinajstić information content (AvgIpc) is 2.79. The summed E-state index contributed by atoms with van der Waals surface area (Å²) in [4.78, 5) is 0.0801. The molecule has 4 nitrogen and oxygen atoms in total. The molecule has 0 spiro atoms. The Kier molecular flexibility index (Phi) is 3.29. The molecule has 1 aromatic rings. The molecule has 1 aliphatic rings. The third-order valence-electron chi connectivity index (χ3n) is 2.33. The second-order valence-electron chi connectivity index (χ2n) is 3.70. The molecule has 2 atom stereocenters. The Labute approximate surface area is 107 Å². The number of hydrogen-bond donors (Lipinski definition) is 2. The van der Waals surface area contributed by atoms with Gasteiger partial charge in [-0.15, -0.1) is 0 Å². The molecule has 0 aliphatic heterocycles. The van der Waals surface area contributed by atoms with Gasteiger partial charge in [-0.1, -0.05) is 27.5 Å². The predicted molar refractivity (Wildman–Crippen MR) is 65.9 cm³/mol. The molecule has 0 heterocycles. The van der Waals surface area contributed by atoms with Gasteiger partial charge >= 0.3 is 0 Å². The first kappa shape index (κ1) is 12.3. The lowest BCUT2D eigenvalue weighted by molar-refractivity contribution is 0.580. The summed E-state index contributed by atoms with van der Waals surface area (Å²) >= 11 is 9.09. The molecule has 7 heteroatoms. The van der Waals surface area contributed by atoms with Crippen LogP contribution in [0.1, 0.15) is 6.42 Å². The number of nitrogens with one attached hydrogen (secondary N) is 1. The largest absolute Gasteiger partial charge is 0.326 e. The van der Waals surface area contributed by atoms with E-state index in [2.05, 4.69) is 20.7 Å². The molecule has 2 rings (SSSR count). The van der Waals surface area contributed by atoms with E-state index >= 15 is 0 Å².